The molecular weight excluding hydrogens is 136 g/mol. The first-order valence-corrected chi connectivity index (χ1v) is 3.58. The number of hydrogen-bond acceptors (Lipinski definition) is 2. The fraction of sp³-hybridized carbons (Fsp3) is 0.111. The smallest absolute Gasteiger partial charge is 0.116 e. The third kappa shape index (κ3) is 1.19. The van der Waals surface area contributed by atoms with Crippen LogP contribution in [0.1, 0.15) is 11.6 Å². The van der Waals surface area contributed by atoms with Crippen molar-refractivity contribution >= 4 is 0 Å². The second-order valence-corrected chi connectivity index (χ2v) is 2.43. The molecule has 54 valence electrons. The summed E-state index contributed by atoms with van der Waals surface area (Å²) in [6.45, 7) is 0. The summed E-state index contributed by atoms with van der Waals surface area (Å²) >= 11 is 0. The first-order chi connectivity index (χ1) is 5.47. The quantitative estimate of drug-likeness (QED) is 0.579. The van der Waals surface area contributed by atoms with Crippen LogP contribution in [0.15, 0.2) is 52.8 Å². The summed E-state index contributed by atoms with van der Waals surface area (Å²) in [5.41, 5.74) is 1.20. The summed E-state index contributed by atoms with van der Waals surface area (Å²) in [6.07, 6.45) is 3.72. The van der Waals surface area contributed by atoms with E-state index >= 15 is 0 Å². The van der Waals surface area contributed by atoms with Crippen molar-refractivity contribution in [2.45, 2.75) is 6.04 Å². The van der Waals surface area contributed by atoms with E-state index in [4.69, 9.17) is 0 Å². The summed E-state index contributed by atoms with van der Waals surface area (Å²) in [6, 6.07) is 10.3. The molecule has 2 heteroatoms. The molecule has 1 aliphatic rings. The van der Waals surface area contributed by atoms with Crippen LogP contribution in [0.3, 0.4) is 0 Å². The van der Waals surface area contributed by atoms with Gasteiger partial charge in [-0.2, -0.15) is 10.2 Å². The van der Waals surface area contributed by atoms with Crippen molar-refractivity contribution < 1.29 is 0 Å². The summed E-state index contributed by atoms with van der Waals surface area (Å²) in [7, 11) is 0. The molecule has 0 amide bonds. The van der Waals surface area contributed by atoms with Crippen molar-refractivity contribution in [1.82, 2.24) is 0 Å². The van der Waals surface area contributed by atoms with E-state index in [1.54, 1.807) is 6.20 Å². The van der Waals surface area contributed by atoms with Gasteiger partial charge in [-0.15, -0.1) is 0 Å². The predicted octanol–water partition coefficient (Wildman–Crippen LogP) is 2.71. The Bertz CT molecular complexity index is 276. The Morgan fingerprint density at radius 3 is 2.55 bits per heavy atom. The molecule has 0 saturated carbocycles. The lowest BCUT2D eigenvalue weighted by Gasteiger charge is -2.00. The maximum absolute atomic E-state index is 4.02. The molecule has 0 fully saturated rings. The molecular formula is C9H8N2. The Hall–Kier alpha value is -1.44. The molecule has 2 nitrogen and oxygen atoms in total. The normalized spacial score (nSPS) is 20.9. The Labute approximate surface area is 65.3 Å². The van der Waals surface area contributed by atoms with E-state index < -0.39 is 0 Å². The van der Waals surface area contributed by atoms with Crippen LogP contribution in [-0.2, 0) is 0 Å². The monoisotopic (exact) mass is 144 g/mol. The molecule has 0 aromatic heterocycles. The Morgan fingerprint density at radius 1 is 1.09 bits per heavy atom. The molecule has 11 heavy (non-hydrogen) atoms. The fourth-order valence-electron chi connectivity index (χ4n) is 1.10. The summed E-state index contributed by atoms with van der Waals surface area (Å²) in [5.74, 6) is 0. The molecule has 1 aromatic rings. The zero-order valence-electron chi connectivity index (χ0n) is 6.01. The summed E-state index contributed by atoms with van der Waals surface area (Å²) < 4.78 is 0. The Kier molecular flexibility index (Phi) is 1.52. The minimum Gasteiger partial charge on any atom is -0.177 e. The van der Waals surface area contributed by atoms with Crippen LogP contribution in [0.2, 0.25) is 0 Å². The Balaban J connectivity index is 2.30. The van der Waals surface area contributed by atoms with Crippen LogP contribution in [0.25, 0.3) is 0 Å². The van der Waals surface area contributed by atoms with Crippen molar-refractivity contribution in [3.63, 3.8) is 0 Å². The van der Waals surface area contributed by atoms with E-state index in [2.05, 4.69) is 22.4 Å². The van der Waals surface area contributed by atoms with E-state index in [1.807, 2.05) is 24.3 Å². The lowest BCUT2D eigenvalue weighted by Crippen LogP contribution is -1.85. The minimum absolute atomic E-state index is 0.149. The van der Waals surface area contributed by atoms with Crippen molar-refractivity contribution in [3.8, 4) is 0 Å². The van der Waals surface area contributed by atoms with Crippen LogP contribution >= 0.6 is 0 Å². The van der Waals surface area contributed by atoms with E-state index in [-0.39, 0.29) is 6.04 Å². The van der Waals surface area contributed by atoms with Crippen LogP contribution in [0.4, 0.5) is 0 Å². The lowest BCUT2D eigenvalue weighted by molar-refractivity contribution is 0.881. The Morgan fingerprint density at radius 2 is 1.91 bits per heavy atom. The second kappa shape index (κ2) is 2.66. The molecule has 0 aliphatic carbocycles. The van der Waals surface area contributed by atoms with Crippen LogP contribution in [0, 0.1) is 0 Å². The highest BCUT2D eigenvalue weighted by atomic mass is 15.1. The molecule has 1 unspecified atom stereocenters. The minimum atomic E-state index is 0.149. The van der Waals surface area contributed by atoms with Crippen molar-refractivity contribution in [2.24, 2.45) is 10.2 Å². The van der Waals surface area contributed by atoms with Crippen LogP contribution in [0.5, 0.6) is 0 Å². The standard InChI is InChI=1S/C9H8N2/c1-2-4-8(5-3-1)9-6-7-10-11-9/h1-7,9H. The van der Waals surface area contributed by atoms with Gasteiger partial charge >= 0.3 is 0 Å². The molecule has 0 N–H and O–H groups in total. The first-order valence-electron chi connectivity index (χ1n) is 3.58. The number of azo groups is 1. The maximum atomic E-state index is 4.02. The molecule has 1 heterocycles. The van der Waals surface area contributed by atoms with Gasteiger partial charge in [0.2, 0.25) is 0 Å². The van der Waals surface area contributed by atoms with E-state index in [0.717, 1.165) is 0 Å². The zero-order valence-corrected chi connectivity index (χ0v) is 6.01. The van der Waals surface area contributed by atoms with Gasteiger partial charge in [-0.25, -0.2) is 0 Å². The molecule has 0 bridgehead atoms. The SMILES string of the molecule is C1=CC(c2ccccc2)N=N1. The highest BCUT2D eigenvalue weighted by Gasteiger charge is 2.07. The average molecular weight is 144 g/mol. The molecule has 0 radical (unpaired) electrons. The van der Waals surface area contributed by atoms with E-state index in [0.29, 0.717) is 0 Å². The highest BCUT2D eigenvalue weighted by Crippen LogP contribution is 2.22. The van der Waals surface area contributed by atoms with Gasteiger partial charge in [-0.1, -0.05) is 30.3 Å². The van der Waals surface area contributed by atoms with Gasteiger partial charge in [0.25, 0.3) is 0 Å². The summed E-state index contributed by atoms with van der Waals surface area (Å²) in [5, 5.41) is 7.81. The van der Waals surface area contributed by atoms with Gasteiger partial charge in [-0.05, 0) is 11.6 Å². The lowest BCUT2D eigenvalue weighted by atomic mass is 10.1. The number of hydrogen-bond donors (Lipinski definition) is 0. The molecule has 1 atom stereocenters. The molecule has 1 aliphatic heterocycles. The predicted molar refractivity (Wildman–Crippen MR) is 43.2 cm³/mol. The second-order valence-electron chi connectivity index (χ2n) is 2.43. The molecule has 0 saturated heterocycles. The fourth-order valence-corrected chi connectivity index (χ4v) is 1.10. The van der Waals surface area contributed by atoms with E-state index in [1.165, 1.54) is 5.56 Å². The zero-order chi connectivity index (χ0) is 7.52. The largest absolute Gasteiger partial charge is 0.177 e. The first kappa shape index (κ1) is 6.28. The summed E-state index contributed by atoms with van der Waals surface area (Å²) in [4.78, 5) is 0. The van der Waals surface area contributed by atoms with Gasteiger partial charge in [0.15, 0.2) is 0 Å². The van der Waals surface area contributed by atoms with Crippen LogP contribution < -0.4 is 0 Å². The molecule has 2 rings (SSSR count). The average Bonchev–Trinajstić information content (AvgIpc) is 2.58. The third-order valence-electron chi connectivity index (χ3n) is 1.67. The van der Waals surface area contributed by atoms with Gasteiger partial charge in [0.1, 0.15) is 6.04 Å². The van der Waals surface area contributed by atoms with Gasteiger partial charge in [0.05, 0.1) is 0 Å². The third-order valence-corrected chi connectivity index (χ3v) is 1.67. The number of rotatable bonds is 1. The van der Waals surface area contributed by atoms with E-state index in [9.17, 15) is 0 Å². The number of benzene rings is 1. The highest BCUT2D eigenvalue weighted by molar-refractivity contribution is 5.23. The van der Waals surface area contributed by atoms with Crippen molar-refractivity contribution in [3.05, 3.63) is 48.2 Å². The topological polar surface area (TPSA) is 24.7 Å². The van der Waals surface area contributed by atoms with Crippen LogP contribution in [-0.4, -0.2) is 0 Å². The number of nitrogens with zero attached hydrogens (tertiary/aromatic N) is 2. The van der Waals surface area contributed by atoms with Gasteiger partial charge in [-0.3, -0.25) is 0 Å². The van der Waals surface area contributed by atoms with Crippen molar-refractivity contribution in [2.75, 3.05) is 0 Å². The van der Waals surface area contributed by atoms with Crippen molar-refractivity contribution in [1.29, 1.82) is 0 Å². The maximum Gasteiger partial charge on any atom is 0.116 e. The molecule has 0 spiro atoms. The van der Waals surface area contributed by atoms with Gasteiger partial charge < -0.3 is 0 Å². The molecule has 1 aromatic carbocycles. The van der Waals surface area contributed by atoms with Gasteiger partial charge in [0, 0.05) is 6.20 Å².